The van der Waals surface area contributed by atoms with E-state index in [0.717, 1.165) is 22.8 Å². The molecule has 0 aliphatic carbocycles. The first-order valence-electron chi connectivity index (χ1n) is 9.20. The number of nitrogens with one attached hydrogen (secondary N) is 3. The van der Waals surface area contributed by atoms with E-state index < -0.39 is 0 Å². The third-order valence-corrected chi connectivity index (χ3v) is 4.33. The minimum Gasteiger partial charge on any atom is -0.508 e. The Bertz CT molecular complexity index is 984. The molecule has 28 heavy (non-hydrogen) atoms. The van der Waals surface area contributed by atoms with E-state index in [-0.39, 0.29) is 17.6 Å². The van der Waals surface area contributed by atoms with Crippen LogP contribution in [0.4, 0.5) is 0 Å². The fourth-order valence-electron chi connectivity index (χ4n) is 2.77. The summed E-state index contributed by atoms with van der Waals surface area (Å²) >= 11 is 0. The van der Waals surface area contributed by atoms with Gasteiger partial charge in [-0.2, -0.15) is 0 Å². The van der Waals surface area contributed by atoms with Crippen molar-refractivity contribution in [3.8, 4) is 5.75 Å². The Morgan fingerprint density at radius 2 is 1.54 bits per heavy atom. The molecule has 0 atom stereocenters. The molecule has 0 radical (unpaired) electrons. The van der Waals surface area contributed by atoms with Crippen LogP contribution in [0.3, 0.4) is 0 Å². The van der Waals surface area contributed by atoms with Crippen LogP contribution < -0.4 is 16.2 Å². The van der Waals surface area contributed by atoms with Crippen molar-refractivity contribution in [2.75, 3.05) is 6.54 Å². The second-order valence-electron chi connectivity index (χ2n) is 6.51. The fraction of sp³-hybridized carbons (Fsp3) is 0.182. The number of rotatable bonds is 7. The van der Waals surface area contributed by atoms with Crippen LogP contribution in [0.5, 0.6) is 5.75 Å². The summed E-state index contributed by atoms with van der Waals surface area (Å²) in [5, 5.41) is 14.2. The smallest absolute Gasteiger partial charge is 0.265 e. The maximum atomic E-state index is 12.4. The van der Waals surface area contributed by atoms with Gasteiger partial charge in [0.1, 0.15) is 5.75 Å². The number of fused-ring (bicyclic) bond motifs is 1. The molecular formula is C22H23N3O3. The third kappa shape index (κ3) is 4.86. The topological polar surface area (TPSA) is 90.5 Å². The number of phenolic OH excluding ortho intramolecular Hbond substituents is 1. The van der Waals surface area contributed by atoms with Crippen molar-refractivity contribution in [3.05, 3.63) is 77.4 Å². The van der Waals surface area contributed by atoms with Crippen molar-refractivity contribution in [2.45, 2.75) is 19.9 Å². The molecule has 144 valence electrons. The van der Waals surface area contributed by atoms with Crippen LogP contribution in [0, 0.1) is 0 Å². The zero-order valence-electron chi connectivity index (χ0n) is 15.7. The van der Waals surface area contributed by atoms with Gasteiger partial charge in [0, 0.05) is 24.2 Å². The quantitative estimate of drug-likeness (QED) is 0.376. The molecule has 0 aliphatic rings. The fourth-order valence-corrected chi connectivity index (χ4v) is 2.77. The number of hydrogen-bond acceptors (Lipinski definition) is 4. The predicted molar refractivity (Wildman–Crippen MR) is 109 cm³/mol. The summed E-state index contributed by atoms with van der Waals surface area (Å²) in [6.45, 7) is 3.10. The summed E-state index contributed by atoms with van der Waals surface area (Å²) in [6, 6.07) is 17.5. The van der Waals surface area contributed by atoms with Gasteiger partial charge < -0.3 is 10.4 Å². The van der Waals surface area contributed by atoms with Gasteiger partial charge in [0.2, 0.25) is 0 Å². The minimum atomic E-state index is -0.189. The number of benzene rings is 3. The first-order valence-corrected chi connectivity index (χ1v) is 9.20. The molecule has 3 aromatic carbocycles. The highest BCUT2D eigenvalue weighted by atomic mass is 16.3. The number of hydrazine groups is 1. The second-order valence-corrected chi connectivity index (χ2v) is 6.51. The van der Waals surface area contributed by atoms with E-state index in [1.165, 1.54) is 0 Å². The maximum Gasteiger partial charge on any atom is 0.265 e. The van der Waals surface area contributed by atoms with E-state index in [4.69, 9.17) is 0 Å². The zero-order chi connectivity index (χ0) is 19.9. The van der Waals surface area contributed by atoms with Gasteiger partial charge in [-0.05, 0) is 59.2 Å². The van der Waals surface area contributed by atoms with Crippen LogP contribution in [0.15, 0.2) is 60.7 Å². The molecule has 0 heterocycles. The van der Waals surface area contributed by atoms with E-state index in [2.05, 4.69) is 16.2 Å². The van der Waals surface area contributed by atoms with Gasteiger partial charge in [0.25, 0.3) is 11.8 Å². The van der Waals surface area contributed by atoms with E-state index >= 15 is 0 Å². The number of carbonyl (C=O) groups is 2. The first-order chi connectivity index (χ1) is 13.6. The van der Waals surface area contributed by atoms with E-state index in [1.807, 2.05) is 25.1 Å². The summed E-state index contributed by atoms with van der Waals surface area (Å²) in [5.74, 6) is -0.172. The van der Waals surface area contributed by atoms with Crippen LogP contribution in [0.25, 0.3) is 10.8 Å². The Balaban J connectivity index is 1.58. The molecule has 0 spiro atoms. The molecule has 6 nitrogen and oxygen atoms in total. The highest BCUT2D eigenvalue weighted by Crippen LogP contribution is 2.21. The lowest BCUT2D eigenvalue weighted by atomic mass is 10.1. The number of carbonyl (C=O) groups excluding carboxylic acids is 2. The molecule has 0 saturated heterocycles. The summed E-state index contributed by atoms with van der Waals surface area (Å²) < 4.78 is 0. The Morgan fingerprint density at radius 3 is 2.29 bits per heavy atom. The van der Waals surface area contributed by atoms with Crippen LogP contribution in [0.2, 0.25) is 0 Å². The largest absolute Gasteiger partial charge is 0.508 e. The molecule has 0 unspecified atom stereocenters. The molecule has 0 aliphatic heterocycles. The van der Waals surface area contributed by atoms with Crippen LogP contribution in [-0.4, -0.2) is 23.5 Å². The van der Waals surface area contributed by atoms with Gasteiger partial charge in [-0.1, -0.05) is 31.2 Å². The molecule has 4 N–H and O–H groups in total. The van der Waals surface area contributed by atoms with E-state index in [0.29, 0.717) is 24.2 Å². The molecular weight excluding hydrogens is 354 g/mol. The van der Waals surface area contributed by atoms with Crippen LogP contribution in [0.1, 0.15) is 39.6 Å². The zero-order valence-corrected chi connectivity index (χ0v) is 15.7. The lowest BCUT2D eigenvalue weighted by Gasteiger charge is -2.09. The standard InChI is InChI=1S/C22H23N3O3/c1-2-11-24-25-22(28)16-5-3-15(4-6-16)14-23-21(27)19-8-7-18-13-20(26)10-9-17(18)12-19/h3-10,12-13,24,26H,2,11,14H2,1H3,(H,23,27)(H,25,28). The molecule has 6 heteroatoms. The van der Waals surface area contributed by atoms with Crippen molar-refractivity contribution >= 4 is 22.6 Å². The highest BCUT2D eigenvalue weighted by molar-refractivity contribution is 5.98. The normalized spacial score (nSPS) is 10.6. The Kier molecular flexibility index (Phi) is 6.24. The first kappa shape index (κ1) is 19.4. The summed E-state index contributed by atoms with van der Waals surface area (Å²) in [5.41, 5.74) is 7.49. The number of hydrogen-bond donors (Lipinski definition) is 4. The van der Waals surface area contributed by atoms with Gasteiger partial charge >= 0.3 is 0 Å². The number of aromatic hydroxyl groups is 1. The summed E-state index contributed by atoms with van der Waals surface area (Å²) in [6.07, 6.45) is 0.929. The molecule has 0 aromatic heterocycles. The van der Waals surface area contributed by atoms with Crippen molar-refractivity contribution in [1.29, 1.82) is 0 Å². The van der Waals surface area contributed by atoms with Gasteiger partial charge in [-0.15, -0.1) is 0 Å². The van der Waals surface area contributed by atoms with Crippen LogP contribution in [-0.2, 0) is 6.54 Å². The molecule has 3 aromatic rings. The Morgan fingerprint density at radius 1 is 0.857 bits per heavy atom. The molecule has 0 bridgehead atoms. The highest BCUT2D eigenvalue weighted by Gasteiger charge is 2.08. The SMILES string of the molecule is CCCNNC(=O)c1ccc(CNC(=O)c2ccc3cc(O)ccc3c2)cc1. The summed E-state index contributed by atoms with van der Waals surface area (Å²) in [7, 11) is 0. The molecule has 0 saturated carbocycles. The molecule has 0 fully saturated rings. The molecule has 3 rings (SSSR count). The van der Waals surface area contributed by atoms with Gasteiger partial charge in [-0.3, -0.25) is 15.0 Å². The Labute approximate surface area is 163 Å². The average Bonchev–Trinajstić information content (AvgIpc) is 2.72. The number of amides is 2. The average molecular weight is 377 g/mol. The van der Waals surface area contributed by atoms with E-state index in [1.54, 1.807) is 42.5 Å². The van der Waals surface area contributed by atoms with Crippen molar-refractivity contribution in [3.63, 3.8) is 0 Å². The second kappa shape index (κ2) is 9.01. The lowest BCUT2D eigenvalue weighted by Crippen LogP contribution is -2.37. The van der Waals surface area contributed by atoms with Crippen molar-refractivity contribution < 1.29 is 14.7 Å². The minimum absolute atomic E-state index is 0.180. The van der Waals surface area contributed by atoms with Crippen molar-refractivity contribution in [1.82, 2.24) is 16.2 Å². The Hall–Kier alpha value is -3.38. The predicted octanol–water partition coefficient (Wildman–Crippen LogP) is 3.12. The van der Waals surface area contributed by atoms with Gasteiger partial charge in [-0.25, -0.2) is 5.43 Å². The maximum absolute atomic E-state index is 12.4. The van der Waals surface area contributed by atoms with Crippen LogP contribution >= 0.6 is 0 Å². The van der Waals surface area contributed by atoms with E-state index in [9.17, 15) is 14.7 Å². The molecule has 2 amide bonds. The number of phenols is 1. The summed E-state index contributed by atoms with van der Waals surface area (Å²) in [4.78, 5) is 24.4. The lowest BCUT2D eigenvalue weighted by molar-refractivity contribution is 0.0929. The van der Waals surface area contributed by atoms with Gasteiger partial charge in [0.05, 0.1) is 0 Å². The third-order valence-electron chi connectivity index (χ3n) is 4.33. The monoisotopic (exact) mass is 377 g/mol. The van der Waals surface area contributed by atoms with Gasteiger partial charge in [0.15, 0.2) is 0 Å². The van der Waals surface area contributed by atoms with Crippen molar-refractivity contribution in [2.24, 2.45) is 0 Å².